The van der Waals surface area contributed by atoms with Crippen LogP contribution in [0.2, 0.25) is 0 Å². The molecule has 3 aliphatic rings. The Morgan fingerprint density at radius 1 is 1.13 bits per heavy atom. The average Bonchev–Trinajstić information content (AvgIpc) is 2.27. The van der Waals surface area contributed by atoms with Crippen molar-refractivity contribution in [2.75, 3.05) is 6.54 Å². The number of fused-ring (bicyclic) bond motifs is 1. The number of hydrogen-bond acceptors (Lipinski definition) is 2. The summed E-state index contributed by atoms with van der Waals surface area (Å²) in [7, 11) is 0. The van der Waals surface area contributed by atoms with Crippen LogP contribution in [0.25, 0.3) is 0 Å². The van der Waals surface area contributed by atoms with Gasteiger partial charge in [-0.25, -0.2) is 0 Å². The molecule has 0 aromatic rings. The van der Waals surface area contributed by atoms with Crippen LogP contribution in [-0.4, -0.2) is 18.4 Å². The molecule has 1 aliphatic heterocycles. The van der Waals surface area contributed by atoms with Gasteiger partial charge >= 0.3 is 0 Å². The lowest BCUT2D eigenvalue weighted by atomic mass is 9.72. The SMILES string of the molecule is O=C1CCCC2=C1C[C@H]1CCCN[C@@H]1C2. The van der Waals surface area contributed by atoms with Gasteiger partial charge in [0, 0.05) is 12.5 Å². The van der Waals surface area contributed by atoms with E-state index in [9.17, 15) is 4.79 Å². The Kier molecular flexibility index (Phi) is 2.39. The number of allylic oxidation sites excluding steroid dienone is 1. The Bertz CT molecular complexity index is 318. The van der Waals surface area contributed by atoms with Crippen molar-refractivity contribution < 1.29 is 4.79 Å². The second-order valence-electron chi connectivity index (χ2n) is 5.23. The summed E-state index contributed by atoms with van der Waals surface area (Å²) in [6, 6.07) is 0.684. The zero-order valence-corrected chi connectivity index (χ0v) is 9.22. The van der Waals surface area contributed by atoms with Crippen LogP contribution in [-0.2, 0) is 4.79 Å². The normalized spacial score (nSPS) is 36.1. The summed E-state index contributed by atoms with van der Waals surface area (Å²) in [5.74, 6) is 1.21. The summed E-state index contributed by atoms with van der Waals surface area (Å²) in [4.78, 5) is 11.8. The Balaban J connectivity index is 1.86. The van der Waals surface area contributed by atoms with E-state index in [1.54, 1.807) is 0 Å². The lowest BCUT2D eigenvalue weighted by Crippen LogP contribution is -2.44. The molecule has 0 amide bonds. The third kappa shape index (κ3) is 1.65. The van der Waals surface area contributed by atoms with Gasteiger partial charge in [0.2, 0.25) is 0 Å². The minimum absolute atomic E-state index is 0.459. The lowest BCUT2D eigenvalue weighted by molar-refractivity contribution is -0.116. The minimum atomic E-state index is 0.459. The Morgan fingerprint density at radius 3 is 3.00 bits per heavy atom. The smallest absolute Gasteiger partial charge is 0.158 e. The molecule has 0 aromatic heterocycles. The molecule has 1 saturated heterocycles. The van der Waals surface area contributed by atoms with Gasteiger partial charge in [-0.15, -0.1) is 0 Å². The predicted molar refractivity (Wildman–Crippen MR) is 59.6 cm³/mol. The standard InChI is InChI=1S/C13H19NO/c15-13-5-1-3-9-8-12-10(7-11(9)13)4-2-6-14-12/h10,12,14H,1-8H2/t10-,12-/m1/s1. The van der Waals surface area contributed by atoms with Crippen molar-refractivity contribution >= 4 is 5.78 Å². The molecule has 0 saturated carbocycles. The molecular weight excluding hydrogens is 186 g/mol. The summed E-state index contributed by atoms with van der Waals surface area (Å²) < 4.78 is 0. The van der Waals surface area contributed by atoms with Crippen LogP contribution in [0, 0.1) is 5.92 Å². The molecule has 2 atom stereocenters. The molecule has 2 heteroatoms. The second kappa shape index (κ2) is 3.75. The minimum Gasteiger partial charge on any atom is -0.313 e. The molecule has 15 heavy (non-hydrogen) atoms. The van der Waals surface area contributed by atoms with E-state index in [1.165, 1.54) is 37.0 Å². The Morgan fingerprint density at radius 2 is 2.07 bits per heavy atom. The number of rotatable bonds is 0. The molecule has 2 nitrogen and oxygen atoms in total. The predicted octanol–water partition coefficient (Wildman–Crippen LogP) is 2.20. The van der Waals surface area contributed by atoms with Crippen LogP contribution in [0.15, 0.2) is 11.1 Å². The van der Waals surface area contributed by atoms with E-state index in [4.69, 9.17) is 0 Å². The Labute approximate surface area is 91.1 Å². The summed E-state index contributed by atoms with van der Waals surface area (Å²) in [6.07, 6.45) is 7.93. The summed E-state index contributed by atoms with van der Waals surface area (Å²) >= 11 is 0. The highest BCUT2D eigenvalue weighted by molar-refractivity contribution is 5.97. The molecule has 0 spiro atoms. The number of carbonyl (C=O) groups excluding carboxylic acids is 1. The first kappa shape index (κ1) is 9.59. The second-order valence-corrected chi connectivity index (χ2v) is 5.23. The van der Waals surface area contributed by atoms with E-state index in [0.29, 0.717) is 11.8 Å². The summed E-state index contributed by atoms with van der Waals surface area (Å²) in [5.41, 5.74) is 2.72. The number of piperidine rings is 1. The number of hydrogen-bond donors (Lipinski definition) is 1. The first-order valence-corrected chi connectivity index (χ1v) is 6.32. The molecule has 0 bridgehead atoms. The highest BCUT2D eigenvalue weighted by Crippen LogP contribution is 2.39. The van der Waals surface area contributed by atoms with Gasteiger partial charge in [-0.2, -0.15) is 0 Å². The third-order valence-corrected chi connectivity index (χ3v) is 4.31. The summed E-state index contributed by atoms with van der Waals surface area (Å²) in [5, 5.41) is 3.62. The fraction of sp³-hybridized carbons (Fsp3) is 0.769. The van der Waals surface area contributed by atoms with Crippen LogP contribution in [0.4, 0.5) is 0 Å². The van der Waals surface area contributed by atoms with Crippen molar-refractivity contribution in [3.63, 3.8) is 0 Å². The number of ketones is 1. The molecule has 82 valence electrons. The van der Waals surface area contributed by atoms with E-state index in [-0.39, 0.29) is 0 Å². The third-order valence-electron chi connectivity index (χ3n) is 4.31. The van der Waals surface area contributed by atoms with E-state index >= 15 is 0 Å². The van der Waals surface area contributed by atoms with E-state index in [2.05, 4.69) is 5.32 Å². The molecule has 1 N–H and O–H groups in total. The Hall–Kier alpha value is -0.630. The molecule has 3 rings (SSSR count). The maximum Gasteiger partial charge on any atom is 0.158 e. The van der Waals surface area contributed by atoms with Crippen LogP contribution in [0.5, 0.6) is 0 Å². The van der Waals surface area contributed by atoms with Crippen molar-refractivity contribution in [3.05, 3.63) is 11.1 Å². The summed E-state index contributed by atoms with van der Waals surface area (Å²) in [6.45, 7) is 1.18. The van der Waals surface area contributed by atoms with Crippen molar-refractivity contribution in [2.45, 2.75) is 51.0 Å². The molecule has 0 aromatic carbocycles. The van der Waals surface area contributed by atoms with Crippen LogP contribution in [0.1, 0.15) is 44.9 Å². The average molecular weight is 205 g/mol. The molecule has 1 fully saturated rings. The highest BCUT2D eigenvalue weighted by Gasteiger charge is 2.34. The van der Waals surface area contributed by atoms with Crippen molar-refractivity contribution in [1.29, 1.82) is 0 Å². The maximum absolute atomic E-state index is 11.8. The quantitative estimate of drug-likeness (QED) is 0.657. The van der Waals surface area contributed by atoms with Gasteiger partial charge in [0.25, 0.3) is 0 Å². The van der Waals surface area contributed by atoms with Crippen molar-refractivity contribution in [3.8, 4) is 0 Å². The highest BCUT2D eigenvalue weighted by atomic mass is 16.1. The van der Waals surface area contributed by atoms with E-state index in [1.807, 2.05) is 0 Å². The zero-order chi connectivity index (χ0) is 10.3. The van der Waals surface area contributed by atoms with Crippen molar-refractivity contribution in [1.82, 2.24) is 5.32 Å². The molecule has 1 heterocycles. The van der Waals surface area contributed by atoms with Gasteiger partial charge in [-0.05, 0) is 56.6 Å². The molecule has 0 radical (unpaired) electrons. The monoisotopic (exact) mass is 205 g/mol. The number of Topliss-reactive ketones (excluding diaryl/α,β-unsaturated/α-hetero) is 1. The fourth-order valence-electron chi connectivity index (χ4n) is 3.48. The van der Waals surface area contributed by atoms with Gasteiger partial charge in [-0.3, -0.25) is 4.79 Å². The van der Waals surface area contributed by atoms with E-state index < -0.39 is 0 Å². The lowest BCUT2D eigenvalue weighted by Gasteiger charge is -2.39. The van der Waals surface area contributed by atoms with Gasteiger partial charge in [0.1, 0.15) is 0 Å². The first-order chi connectivity index (χ1) is 7.34. The van der Waals surface area contributed by atoms with Gasteiger partial charge in [0.15, 0.2) is 5.78 Å². The zero-order valence-electron chi connectivity index (χ0n) is 9.22. The van der Waals surface area contributed by atoms with Gasteiger partial charge < -0.3 is 5.32 Å². The fourth-order valence-corrected chi connectivity index (χ4v) is 3.48. The van der Waals surface area contributed by atoms with Crippen LogP contribution >= 0.6 is 0 Å². The van der Waals surface area contributed by atoms with Gasteiger partial charge in [-0.1, -0.05) is 5.57 Å². The van der Waals surface area contributed by atoms with E-state index in [0.717, 1.165) is 31.6 Å². The van der Waals surface area contributed by atoms with Gasteiger partial charge in [0.05, 0.1) is 0 Å². The number of nitrogens with one attached hydrogen (secondary N) is 1. The topological polar surface area (TPSA) is 29.1 Å². The molecule has 0 unspecified atom stereocenters. The maximum atomic E-state index is 11.8. The molecular formula is C13H19NO. The van der Waals surface area contributed by atoms with Crippen molar-refractivity contribution in [2.24, 2.45) is 5.92 Å². The van der Waals surface area contributed by atoms with Crippen LogP contribution < -0.4 is 5.32 Å². The molecule has 2 aliphatic carbocycles. The number of carbonyl (C=O) groups is 1. The first-order valence-electron chi connectivity index (χ1n) is 6.32. The largest absolute Gasteiger partial charge is 0.313 e. The van der Waals surface area contributed by atoms with Crippen LogP contribution in [0.3, 0.4) is 0 Å².